The Morgan fingerprint density at radius 2 is 1.72 bits per heavy atom. The Kier molecular flexibility index (Phi) is 10.0. The molecule has 164 valence electrons. The molecule has 0 spiro atoms. The predicted molar refractivity (Wildman–Crippen MR) is 124 cm³/mol. The lowest BCUT2D eigenvalue weighted by atomic mass is 10.1. The number of piperazine rings is 2. The van der Waals surface area contributed by atoms with E-state index in [2.05, 4.69) is 29.0 Å². The van der Waals surface area contributed by atoms with Gasteiger partial charge in [-0.15, -0.1) is 0 Å². The molecule has 2 saturated heterocycles. The van der Waals surface area contributed by atoms with Crippen LogP contribution in [0.1, 0.15) is 40.5 Å². The highest BCUT2D eigenvalue weighted by Gasteiger charge is 2.32. The van der Waals surface area contributed by atoms with Gasteiger partial charge >= 0.3 is 0 Å². The first-order valence-electron chi connectivity index (χ1n) is 11.0. The Morgan fingerprint density at radius 1 is 1.07 bits per heavy atom. The van der Waals surface area contributed by atoms with Crippen LogP contribution in [0.15, 0.2) is 18.2 Å². The Morgan fingerprint density at radius 3 is 2.31 bits per heavy atom. The highest BCUT2D eigenvalue weighted by molar-refractivity contribution is 6.42. The average Bonchev–Trinajstić information content (AvgIpc) is 2.78. The summed E-state index contributed by atoms with van der Waals surface area (Å²) in [7, 11) is 0. The second kappa shape index (κ2) is 12.0. The maximum absolute atomic E-state index is 13.0. The Bertz CT molecular complexity index is 646. The summed E-state index contributed by atoms with van der Waals surface area (Å²) in [5.74, 6) is 0.236. The maximum atomic E-state index is 13.0. The molecule has 2 aliphatic rings. The maximum Gasteiger partial charge on any atom is 0.241 e. The molecule has 5 nitrogen and oxygen atoms in total. The van der Waals surface area contributed by atoms with Crippen molar-refractivity contribution in [2.75, 3.05) is 50.7 Å². The van der Waals surface area contributed by atoms with Crippen LogP contribution in [0.25, 0.3) is 0 Å². The zero-order chi connectivity index (χ0) is 21.4. The molecule has 0 aliphatic carbocycles. The molecule has 7 heteroatoms. The summed E-state index contributed by atoms with van der Waals surface area (Å²) < 4.78 is 0. The minimum absolute atomic E-state index is 0.0872. The molecule has 1 aromatic carbocycles. The van der Waals surface area contributed by atoms with E-state index in [9.17, 15) is 4.79 Å². The van der Waals surface area contributed by atoms with E-state index in [-0.39, 0.29) is 11.9 Å². The largest absolute Gasteiger partial charge is 0.368 e. The van der Waals surface area contributed by atoms with Crippen LogP contribution in [-0.2, 0) is 4.79 Å². The molecular formula is C22H36Cl2N4O. The molecule has 1 aromatic rings. The Labute approximate surface area is 186 Å². The van der Waals surface area contributed by atoms with Crippen LogP contribution in [-0.4, -0.2) is 73.6 Å². The van der Waals surface area contributed by atoms with Gasteiger partial charge in [0.05, 0.1) is 16.1 Å². The summed E-state index contributed by atoms with van der Waals surface area (Å²) in [6, 6.07) is 6.21. The van der Waals surface area contributed by atoms with Crippen molar-refractivity contribution >= 4 is 34.8 Å². The minimum Gasteiger partial charge on any atom is -0.368 e. The number of rotatable bonds is 5. The van der Waals surface area contributed by atoms with E-state index in [0.29, 0.717) is 16.1 Å². The second-order valence-electron chi connectivity index (χ2n) is 7.38. The summed E-state index contributed by atoms with van der Waals surface area (Å²) in [4.78, 5) is 19.8. The van der Waals surface area contributed by atoms with Gasteiger partial charge in [-0.1, -0.05) is 50.9 Å². The summed E-state index contributed by atoms with van der Waals surface area (Å²) in [6.45, 7) is 14.3. The summed E-state index contributed by atoms with van der Waals surface area (Å²) in [6.07, 6.45) is 2.28. The fourth-order valence-electron chi connectivity index (χ4n) is 4.16. The first-order chi connectivity index (χ1) is 14.0. The standard InChI is InChI=1S/C20H30Cl2N4O.C2H6/c1-3-15(4-2)26-8-7-23-19(14-26)20(27)25-11-9-24(10-12-25)16-5-6-17(21)18(22)13-16;1-2/h5-6,13,15,19,23H,3-4,7-12,14H2,1-2H3;1-2H3/t19-;/m1./s1. The molecule has 2 aliphatic heterocycles. The number of carbonyl (C=O) groups is 1. The van der Waals surface area contributed by atoms with E-state index >= 15 is 0 Å². The lowest BCUT2D eigenvalue weighted by Gasteiger charge is -2.41. The van der Waals surface area contributed by atoms with E-state index < -0.39 is 0 Å². The molecule has 29 heavy (non-hydrogen) atoms. The molecule has 0 radical (unpaired) electrons. The van der Waals surface area contributed by atoms with Crippen molar-refractivity contribution in [3.8, 4) is 0 Å². The number of carbonyl (C=O) groups excluding carboxylic acids is 1. The first kappa shape index (κ1) is 24.3. The van der Waals surface area contributed by atoms with Gasteiger partial charge in [0.2, 0.25) is 5.91 Å². The zero-order valence-electron chi connectivity index (χ0n) is 18.3. The van der Waals surface area contributed by atoms with Crippen LogP contribution in [0, 0.1) is 0 Å². The number of benzene rings is 1. The van der Waals surface area contributed by atoms with Crippen molar-refractivity contribution in [3.05, 3.63) is 28.2 Å². The normalized spacial score (nSPS) is 20.4. The third kappa shape index (κ3) is 6.24. The number of nitrogens with one attached hydrogen (secondary N) is 1. The van der Waals surface area contributed by atoms with Crippen molar-refractivity contribution in [3.63, 3.8) is 0 Å². The summed E-state index contributed by atoms with van der Waals surface area (Å²) >= 11 is 12.2. The Hall–Kier alpha value is -1.01. The molecule has 0 aromatic heterocycles. The number of hydrogen-bond acceptors (Lipinski definition) is 4. The second-order valence-corrected chi connectivity index (χ2v) is 8.20. The van der Waals surface area contributed by atoms with Gasteiger partial charge in [0.1, 0.15) is 0 Å². The van der Waals surface area contributed by atoms with Gasteiger partial charge in [0.25, 0.3) is 0 Å². The minimum atomic E-state index is -0.0872. The summed E-state index contributed by atoms with van der Waals surface area (Å²) in [5.41, 5.74) is 1.06. The highest BCUT2D eigenvalue weighted by Crippen LogP contribution is 2.27. The van der Waals surface area contributed by atoms with Gasteiger partial charge in [-0.25, -0.2) is 0 Å². The van der Waals surface area contributed by atoms with Gasteiger partial charge in [0.15, 0.2) is 0 Å². The molecular weight excluding hydrogens is 407 g/mol. The number of anilines is 1. The van der Waals surface area contributed by atoms with E-state index in [1.54, 1.807) is 0 Å². The van der Waals surface area contributed by atoms with Crippen molar-refractivity contribution in [1.82, 2.24) is 15.1 Å². The SMILES string of the molecule is CC.CCC(CC)N1CCN[C@@H](C(=O)N2CCN(c3ccc(Cl)c(Cl)c3)CC2)C1. The van der Waals surface area contributed by atoms with Crippen molar-refractivity contribution in [2.24, 2.45) is 0 Å². The van der Waals surface area contributed by atoms with Crippen molar-refractivity contribution in [1.29, 1.82) is 0 Å². The number of halogens is 2. The third-order valence-electron chi connectivity index (χ3n) is 5.82. The van der Waals surface area contributed by atoms with Gasteiger partial charge < -0.3 is 15.1 Å². The molecule has 1 N–H and O–H groups in total. The summed E-state index contributed by atoms with van der Waals surface area (Å²) in [5, 5.41) is 4.57. The topological polar surface area (TPSA) is 38.8 Å². The Balaban J connectivity index is 0.00000145. The number of hydrogen-bond donors (Lipinski definition) is 1. The molecule has 0 saturated carbocycles. The number of amides is 1. The molecule has 2 fully saturated rings. The van der Waals surface area contributed by atoms with Crippen LogP contribution in [0.2, 0.25) is 10.0 Å². The van der Waals surface area contributed by atoms with E-state index in [0.717, 1.165) is 64.3 Å². The average molecular weight is 443 g/mol. The van der Waals surface area contributed by atoms with Crippen LogP contribution in [0.5, 0.6) is 0 Å². The van der Waals surface area contributed by atoms with Gasteiger partial charge in [-0.3, -0.25) is 9.69 Å². The first-order valence-corrected chi connectivity index (χ1v) is 11.7. The predicted octanol–water partition coefficient (Wildman–Crippen LogP) is 4.13. The van der Waals surface area contributed by atoms with Crippen LogP contribution >= 0.6 is 23.2 Å². The lowest BCUT2D eigenvalue weighted by Crippen LogP contribution is -2.61. The lowest BCUT2D eigenvalue weighted by molar-refractivity contribution is -0.135. The van der Waals surface area contributed by atoms with Gasteiger partial charge in [-0.05, 0) is 31.0 Å². The quantitative estimate of drug-likeness (QED) is 0.743. The zero-order valence-corrected chi connectivity index (χ0v) is 19.8. The van der Waals surface area contributed by atoms with Gasteiger partial charge in [-0.2, -0.15) is 0 Å². The molecule has 1 atom stereocenters. The number of nitrogens with zero attached hydrogens (tertiary/aromatic N) is 3. The van der Waals surface area contributed by atoms with E-state index in [4.69, 9.17) is 23.2 Å². The molecule has 0 bridgehead atoms. The van der Waals surface area contributed by atoms with Crippen LogP contribution in [0.3, 0.4) is 0 Å². The fourth-order valence-corrected chi connectivity index (χ4v) is 4.45. The third-order valence-corrected chi connectivity index (χ3v) is 6.56. The van der Waals surface area contributed by atoms with Crippen molar-refractivity contribution < 1.29 is 4.79 Å². The smallest absolute Gasteiger partial charge is 0.241 e. The molecule has 1 amide bonds. The molecule has 2 heterocycles. The molecule has 3 rings (SSSR count). The van der Waals surface area contributed by atoms with E-state index in [1.807, 2.05) is 36.9 Å². The fraction of sp³-hybridized carbons (Fsp3) is 0.682. The molecule has 0 unspecified atom stereocenters. The monoisotopic (exact) mass is 442 g/mol. The van der Waals surface area contributed by atoms with Gasteiger partial charge in [0, 0.05) is 57.5 Å². The van der Waals surface area contributed by atoms with Crippen molar-refractivity contribution in [2.45, 2.75) is 52.6 Å². The van der Waals surface area contributed by atoms with Crippen LogP contribution in [0.4, 0.5) is 5.69 Å². The highest BCUT2D eigenvalue weighted by atomic mass is 35.5. The van der Waals surface area contributed by atoms with Crippen LogP contribution < -0.4 is 10.2 Å². The van der Waals surface area contributed by atoms with E-state index in [1.165, 1.54) is 0 Å².